The summed E-state index contributed by atoms with van der Waals surface area (Å²) in [4.78, 5) is 33.9. The summed E-state index contributed by atoms with van der Waals surface area (Å²) in [5, 5.41) is 4.85. The highest BCUT2D eigenvalue weighted by Crippen LogP contribution is 2.26. The van der Waals surface area contributed by atoms with E-state index >= 15 is 0 Å². The molecule has 2 unspecified atom stereocenters. The van der Waals surface area contributed by atoms with Gasteiger partial charge >= 0.3 is 0 Å². The maximum atomic E-state index is 12.8. The van der Waals surface area contributed by atoms with E-state index in [1.807, 2.05) is 0 Å². The van der Waals surface area contributed by atoms with E-state index in [0.29, 0.717) is 26.9 Å². The lowest BCUT2D eigenvalue weighted by atomic mass is 10.2. The second-order valence-corrected chi connectivity index (χ2v) is 9.33. The topological polar surface area (TPSA) is 117 Å². The first-order valence-corrected chi connectivity index (χ1v) is 12.0. The molecule has 0 fully saturated rings. The van der Waals surface area contributed by atoms with Crippen molar-refractivity contribution in [2.24, 2.45) is 5.10 Å². The van der Waals surface area contributed by atoms with Gasteiger partial charge in [-0.2, -0.15) is 10.1 Å². The number of amides is 2. The monoisotopic (exact) mass is 500 g/mol. The Morgan fingerprint density at radius 3 is 2.42 bits per heavy atom. The van der Waals surface area contributed by atoms with Crippen LogP contribution in [0, 0.1) is 0 Å². The van der Waals surface area contributed by atoms with Crippen molar-refractivity contribution in [1.29, 1.82) is 0 Å². The molecule has 0 saturated heterocycles. The minimum Gasteiger partial charge on any atom is -0.329 e. The number of nitrogens with one attached hydrogen (secondary N) is 2. The Morgan fingerprint density at radius 2 is 1.76 bits per heavy atom. The van der Waals surface area contributed by atoms with E-state index in [2.05, 4.69) is 24.5 Å². The molecule has 3 aromatic rings. The number of nitrogens with zero attached hydrogens (tertiary/aromatic N) is 4. The Balaban J connectivity index is 1.35. The standard InChI is InChI=1S/C21H17ClN6O3S2/c1-13-18(20(30)28(25-13)19(29)14-3-5-15(22)6-4-14)32-26-16-7-9-17(10-8-16)33(31)27-21-23-11-2-12-24-21/h2-12,18,26H,1H3,(H,23,24,27). The van der Waals surface area contributed by atoms with E-state index in [1.165, 1.54) is 0 Å². The molecule has 1 aliphatic rings. The van der Waals surface area contributed by atoms with E-state index in [9.17, 15) is 13.8 Å². The van der Waals surface area contributed by atoms with E-state index < -0.39 is 28.0 Å². The summed E-state index contributed by atoms with van der Waals surface area (Å²) in [7, 11) is -1.53. The van der Waals surface area contributed by atoms with Gasteiger partial charge in [-0.1, -0.05) is 11.6 Å². The molecule has 2 heterocycles. The SMILES string of the molecule is CC1=NN(C(=O)c2ccc(Cl)cc2)C(=O)C1SNc1ccc(S(=O)Nc2ncccn2)cc1. The van der Waals surface area contributed by atoms with Gasteiger partial charge in [0.25, 0.3) is 11.8 Å². The maximum Gasteiger partial charge on any atom is 0.281 e. The number of imide groups is 1. The first-order chi connectivity index (χ1) is 15.9. The third kappa shape index (κ3) is 5.38. The summed E-state index contributed by atoms with van der Waals surface area (Å²) in [5.74, 6) is -0.684. The quantitative estimate of drug-likeness (QED) is 0.374. The number of halogens is 1. The first kappa shape index (κ1) is 22.9. The number of benzene rings is 2. The third-order valence-corrected chi connectivity index (χ3v) is 6.92. The Kier molecular flexibility index (Phi) is 7.02. The average molecular weight is 501 g/mol. The molecule has 0 spiro atoms. The first-order valence-electron chi connectivity index (χ1n) is 9.58. The lowest BCUT2D eigenvalue weighted by Crippen LogP contribution is -2.34. The highest BCUT2D eigenvalue weighted by atomic mass is 35.5. The highest BCUT2D eigenvalue weighted by Gasteiger charge is 2.38. The van der Waals surface area contributed by atoms with E-state index in [1.54, 1.807) is 73.9 Å². The zero-order valence-corrected chi connectivity index (χ0v) is 19.5. The van der Waals surface area contributed by atoms with E-state index in [4.69, 9.17) is 11.6 Å². The number of hydrazone groups is 1. The number of hydrogen-bond donors (Lipinski definition) is 2. The number of carbonyl (C=O) groups is 2. The zero-order valence-electron chi connectivity index (χ0n) is 17.1. The summed E-state index contributed by atoms with van der Waals surface area (Å²) in [5.41, 5.74) is 1.52. The van der Waals surface area contributed by atoms with Crippen LogP contribution in [0.5, 0.6) is 0 Å². The Labute approximate surface area is 201 Å². The van der Waals surface area contributed by atoms with Crippen molar-refractivity contribution in [2.45, 2.75) is 17.1 Å². The smallest absolute Gasteiger partial charge is 0.281 e. The lowest BCUT2D eigenvalue weighted by Gasteiger charge is -2.14. The summed E-state index contributed by atoms with van der Waals surface area (Å²) < 4.78 is 18.2. The Hall–Kier alpha value is -3.28. The molecular formula is C21H17ClN6O3S2. The normalized spacial score (nSPS) is 16.3. The van der Waals surface area contributed by atoms with Crippen molar-refractivity contribution in [3.05, 3.63) is 77.6 Å². The van der Waals surface area contributed by atoms with Gasteiger partial charge in [-0.3, -0.25) is 14.3 Å². The number of aromatic nitrogens is 2. The van der Waals surface area contributed by atoms with Crippen molar-refractivity contribution < 1.29 is 13.8 Å². The largest absolute Gasteiger partial charge is 0.329 e. The van der Waals surface area contributed by atoms with Gasteiger partial charge in [0.1, 0.15) is 5.25 Å². The molecule has 0 bridgehead atoms. The molecule has 33 heavy (non-hydrogen) atoms. The molecule has 2 N–H and O–H groups in total. The van der Waals surface area contributed by atoms with Crippen LogP contribution in [0.15, 0.2) is 77.0 Å². The average Bonchev–Trinajstić information content (AvgIpc) is 3.11. The van der Waals surface area contributed by atoms with Crippen molar-refractivity contribution >= 4 is 63.7 Å². The van der Waals surface area contributed by atoms with Crippen LogP contribution in [0.3, 0.4) is 0 Å². The molecule has 1 aromatic heterocycles. The molecule has 0 radical (unpaired) electrons. The van der Waals surface area contributed by atoms with Crippen LogP contribution < -0.4 is 9.44 Å². The molecule has 0 saturated carbocycles. The number of rotatable bonds is 7. The fraction of sp³-hybridized carbons (Fsp3) is 0.0952. The van der Waals surface area contributed by atoms with Gasteiger partial charge in [0.2, 0.25) is 5.95 Å². The van der Waals surface area contributed by atoms with Crippen molar-refractivity contribution in [3.63, 3.8) is 0 Å². The van der Waals surface area contributed by atoms with Crippen LogP contribution in [0.2, 0.25) is 5.02 Å². The summed E-state index contributed by atoms with van der Waals surface area (Å²) >= 11 is 6.99. The van der Waals surface area contributed by atoms with Crippen LogP contribution in [-0.4, -0.2) is 42.0 Å². The fourth-order valence-corrected chi connectivity index (χ4v) is 4.52. The summed E-state index contributed by atoms with van der Waals surface area (Å²) in [6, 6.07) is 14.8. The second-order valence-electron chi connectivity index (χ2n) is 6.77. The molecular weight excluding hydrogens is 484 g/mol. The molecule has 2 aromatic carbocycles. The predicted molar refractivity (Wildman–Crippen MR) is 129 cm³/mol. The van der Waals surface area contributed by atoms with Crippen LogP contribution in [0.4, 0.5) is 11.6 Å². The van der Waals surface area contributed by atoms with Crippen molar-refractivity contribution in [3.8, 4) is 0 Å². The zero-order chi connectivity index (χ0) is 23.4. The van der Waals surface area contributed by atoms with Gasteiger partial charge in [-0.25, -0.2) is 14.2 Å². The number of hydrogen-bond acceptors (Lipinski definition) is 8. The Bertz CT molecular complexity index is 1220. The van der Waals surface area contributed by atoms with Crippen LogP contribution in [0.1, 0.15) is 17.3 Å². The van der Waals surface area contributed by atoms with Crippen LogP contribution in [0.25, 0.3) is 0 Å². The minimum atomic E-state index is -1.53. The second kappa shape index (κ2) is 10.1. The van der Waals surface area contributed by atoms with E-state index in [-0.39, 0.29) is 5.95 Å². The van der Waals surface area contributed by atoms with Gasteiger partial charge in [-0.15, -0.1) is 0 Å². The lowest BCUT2D eigenvalue weighted by molar-refractivity contribution is -0.125. The van der Waals surface area contributed by atoms with Crippen LogP contribution in [-0.2, 0) is 15.8 Å². The Morgan fingerprint density at radius 1 is 1.09 bits per heavy atom. The number of anilines is 2. The van der Waals surface area contributed by atoms with Gasteiger partial charge < -0.3 is 4.72 Å². The van der Waals surface area contributed by atoms with Gasteiger partial charge in [0.05, 0.1) is 10.6 Å². The summed E-state index contributed by atoms with van der Waals surface area (Å²) in [6.45, 7) is 1.69. The van der Waals surface area contributed by atoms with Gasteiger partial charge in [0.15, 0.2) is 11.0 Å². The molecule has 168 valence electrons. The molecule has 9 nitrogen and oxygen atoms in total. The number of carbonyl (C=O) groups excluding carboxylic acids is 2. The van der Waals surface area contributed by atoms with Gasteiger partial charge in [-0.05, 0) is 73.5 Å². The third-order valence-electron chi connectivity index (χ3n) is 4.47. The maximum absolute atomic E-state index is 12.8. The van der Waals surface area contributed by atoms with Crippen LogP contribution >= 0.6 is 23.5 Å². The van der Waals surface area contributed by atoms with Crippen molar-refractivity contribution in [2.75, 3.05) is 9.44 Å². The molecule has 2 atom stereocenters. The minimum absolute atomic E-state index is 0.265. The molecule has 4 rings (SSSR count). The molecule has 2 amide bonds. The molecule has 1 aliphatic heterocycles. The van der Waals surface area contributed by atoms with E-state index in [0.717, 1.165) is 17.0 Å². The predicted octanol–water partition coefficient (Wildman–Crippen LogP) is 3.75. The fourth-order valence-electron chi connectivity index (χ4n) is 2.81. The summed E-state index contributed by atoms with van der Waals surface area (Å²) in [6.07, 6.45) is 3.10. The van der Waals surface area contributed by atoms with Gasteiger partial charge in [0, 0.05) is 28.7 Å². The highest BCUT2D eigenvalue weighted by molar-refractivity contribution is 8.02. The molecule has 0 aliphatic carbocycles. The molecule has 12 heteroatoms. The van der Waals surface area contributed by atoms with Crippen molar-refractivity contribution in [1.82, 2.24) is 15.0 Å².